The van der Waals surface area contributed by atoms with Crippen LogP contribution in [0.3, 0.4) is 0 Å². The summed E-state index contributed by atoms with van der Waals surface area (Å²) in [5.74, 6) is -0.346. The molecule has 0 bridgehead atoms. The summed E-state index contributed by atoms with van der Waals surface area (Å²) in [6, 6.07) is 10.1. The van der Waals surface area contributed by atoms with Gasteiger partial charge in [-0.1, -0.05) is 22.9 Å². The van der Waals surface area contributed by atoms with Crippen LogP contribution in [0.25, 0.3) is 0 Å². The minimum absolute atomic E-state index is 0.249. The molecular weight excluding hydrogens is 402 g/mol. The van der Waals surface area contributed by atoms with Gasteiger partial charge in [-0.05, 0) is 31.2 Å². The van der Waals surface area contributed by atoms with Crippen LogP contribution in [0.15, 0.2) is 52.8 Å². The minimum Gasteiger partial charge on any atom is -0.497 e. The second-order valence-corrected chi connectivity index (χ2v) is 7.15. The van der Waals surface area contributed by atoms with Crippen molar-refractivity contribution in [1.82, 2.24) is 5.01 Å². The summed E-state index contributed by atoms with van der Waals surface area (Å²) in [4.78, 5) is 39.4. The lowest BCUT2D eigenvalue weighted by Gasteiger charge is -2.20. The summed E-state index contributed by atoms with van der Waals surface area (Å²) in [5.41, 5.74) is 1.92. The molecule has 2 heterocycles. The summed E-state index contributed by atoms with van der Waals surface area (Å²) in [6.07, 6.45) is 0. The first-order valence-corrected chi connectivity index (χ1v) is 9.56. The third-order valence-corrected chi connectivity index (χ3v) is 5.14. The number of anilines is 2. The summed E-state index contributed by atoms with van der Waals surface area (Å²) in [7, 11) is 3.01. The first kappa shape index (κ1) is 20.3. The van der Waals surface area contributed by atoms with Gasteiger partial charge >= 0.3 is 0 Å². The van der Waals surface area contributed by atoms with Gasteiger partial charge in [0.15, 0.2) is 12.1 Å². The number of aryl methyl sites for hydroxylation is 1. The van der Waals surface area contributed by atoms with E-state index in [1.165, 1.54) is 19.2 Å². The number of hydrogen-bond acceptors (Lipinski definition) is 8. The van der Waals surface area contributed by atoms with E-state index in [2.05, 4.69) is 15.7 Å². The molecule has 160 valence electrons. The van der Waals surface area contributed by atoms with Gasteiger partial charge < -0.3 is 14.8 Å². The first-order valence-electron chi connectivity index (χ1n) is 9.56. The van der Waals surface area contributed by atoms with Crippen molar-refractivity contribution in [3.63, 3.8) is 0 Å². The fourth-order valence-electron chi connectivity index (χ4n) is 3.54. The Hall–Kier alpha value is -3.95. The van der Waals surface area contributed by atoms with Crippen molar-refractivity contribution >= 4 is 29.1 Å². The van der Waals surface area contributed by atoms with Crippen LogP contribution >= 0.6 is 0 Å². The highest BCUT2D eigenvalue weighted by Gasteiger charge is 2.55. The Bertz CT molecular complexity index is 1070. The van der Waals surface area contributed by atoms with Gasteiger partial charge in [-0.25, -0.2) is 4.90 Å². The highest BCUT2D eigenvalue weighted by molar-refractivity contribution is 6.25. The van der Waals surface area contributed by atoms with Crippen LogP contribution in [0, 0.1) is 6.92 Å². The summed E-state index contributed by atoms with van der Waals surface area (Å²) in [5, 5.41) is 11.8. The number of rotatable bonds is 6. The molecule has 0 aromatic heterocycles. The molecule has 3 amide bonds. The minimum atomic E-state index is -0.961. The number of carbonyl (C=O) groups excluding carboxylic acids is 3. The molecule has 2 aliphatic rings. The van der Waals surface area contributed by atoms with Crippen LogP contribution in [0.2, 0.25) is 0 Å². The fourth-order valence-corrected chi connectivity index (χ4v) is 3.54. The Balaban J connectivity index is 1.48. The van der Waals surface area contributed by atoms with Crippen LogP contribution in [-0.2, 0) is 14.4 Å². The SMILES string of the molecule is COc1ccc(NC(=O)CN2N=NC3C(=O)N(c4ccc(C)cc4)C(=O)C32)c(OC)c1. The molecule has 4 rings (SSSR count). The van der Waals surface area contributed by atoms with E-state index in [1.807, 2.05) is 19.1 Å². The van der Waals surface area contributed by atoms with E-state index < -0.39 is 29.8 Å². The van der Waals surface area contributed by atoms with Crippen LogP contribution < -0.4 is 19.7 Å². The van der Waals surface area contributed by atoms with E-state index in [0.717, 1.165) is 10.5 Å². The molecule has 2 atom stereocenters. The van der Waals surface area contributed by atoms with Crippen LogP contribution in [0.1, 0.15) is 5.56 Å². The Kier molecular flexibility index (Phi) is 5.28. The average molecular weight is 423 g/mol. The lowest BCUT2D eigenvalue weighted by molar-refractivity contribution is -0.123. The summed E-state index contributed by atoms with van der Waals surface area (Å²) in [6.45, 7) is 1.67. The van der Waals surface area contributed by atoms with Gasteiger partial charge in [-0.15, -0.1) is 0 Å². The lowest BCUT2D eigenvalue weighted by Crippen LogP contribution is -2.43. The van der Waals surface area contributed by atoms with E-state index in [1.54, 1.807) is 30.3 Å². The van der Waals surface area contributed by atoms with E-state index in [0.29, 0.717) is 22.9 Å². The largest absolute Gasteiger partial charge is 0.497 e. The first-order chi connectivity index (χ1) is 14.9. The fraction of sp³-hybridized carbons (Fsp3) is 0.286. The molecular formula is C21H21N5O5. The molecule has 2 aromatic carbocycles. The molecule has 2 aliphatic heterocycles. The Morgan fingerprint density at radius 3 is 2.48 bits per heavy atom. The predicted octanol–water partition coefficient (Wildman–Crippen LogP) is 1.94. The predicted molar refractivity (Wildman–Crippen MR) is 111 cm³/mol. The van der Waals surface area contributed by atoms with Crippen molar-refractivity contribution in [2.45, 2.75) is 19.0 Å². The molecule has 1 fully saturated rings. The van der Waals surface area contributed by atoms with Gasteiger partial charge in [0.25, 0.3) is 11.8 Å². The zero-order valence-corrected chi connectivity index (χ0v) is 17.2. The molecule has 10 nitrogen and oxygen atoms in total. The van der Waals surface area contributed by atoms with E-state index in [4.69, 9.17) is 9.47 Å². The maximum atomic E-state index is 13.0. The second-order valence-electron chi connectivity index (χ2n) is 7.15. The molecule has 1 saturated heterocycles. The van der Waals surface area contributed by atoms with Crippen molar-refractivity contribution in [3.05, 3.63) is 48.0 Å². The summed E-state index contributed by atoms with van der Waals surface area (Å²) < 4.78 is 10.4. The highest BCUT2D eigenvalue weighted by Crippen LogP contribution is 2.32. The maximum absolute atomic E-state index is 13.0. The number of carbonyl (C=O) groups is 3. The highest BCUT2D eigenvalue weighted by atomic mass is 16.5. The van der Waals surface area contributed by atoms with Crippen LogP contribution in [0.4, 0.5) is 11.4 Å². The lowest BCUT2D eigenvalue weighted by atomic mass is 10.1. The molecule has 10 heteroatoms. The third-order valence-electron chi connectivity index (χ3n) is 5.14. The van der Waals surface area contributed by atoms with Gasteiger partial charge in [0.05, 0.1) is 25.6 Å². The Morgan fingerprint density at radius 1 is 1.06 bits per heavy atom. The molecule has 0 radical (unpaired) electrons. The number of amides is 3. The van der Waals surface area contributed by atoms with Crippen molar-refractivity contribution in [1.29, 1.82) is 0 Å². The number of hydrogen-bond donors (Lipinski definition) is 1. The van der Waals surface area contributed by atoms with Crippen molar-refractivity contribution in [2.24, 2.45) is 10.3 Å². The normalized spacial score (nSPS) is 19.6. The van der Waals surface area contributed by atoms with E-state index in [9.17, 15) is 14.4 Å². The van der Waals surface area contributed by atoms with Gasteiger partial charge in [0.1, 0.15) is 18.0 Å². The summed E-state index contributed by atoms with van der Waals surface area (Å²) >= 11 is 0. The van der Waals surface area contributed by atoms with Crippen molar-refractivity contribution in [2.75, 3.05) is 31.0 Å². The molecule has 0 spiro atoms. The zero-order valence-electron chi connectivity index (χ0n) is 17.2. The number of nitrogens with zero attached hydrogens (tertiary/aromatic N) is 4. The third kappa shape index (κ3) is 3.67. The second kappa shape index (κ2) is 8.05. The molecule has 0 saturated carbocycles. The topological polar surface area (TPSA) is 113 Å². The molecule has 2 unspecified atom stereocenters. The molecule has 0 aliphatic carbocycles. The standard InChI is InChI=1S/C21H21N5O5/c1-12-4-6-13(7-5-12)26-20(28)18-19(21(26)29)25(24-23-18)11-17(27)22-15-9-8-14(30-2)10-16(15)31-3/h4-10,18-19H,11H2,1-3H3,(H,22,27). The van der Waals surface area contributed by atoms with Crippen LogP contribution in [0.5, 0.6) is 11.5 Å². The number of benzene rings is 2. The van der Waals surface area contributed by atoms with Crippen LogP contribution in [-0.4, -0.2) is 55.6 Å². The Labute approximate surface area is 178 Å². The number of fused-ring (bicyclic) bond motifs is 1. The maximum Gasteiger partial charge on any atom is 0.263 e. The quantitative estimate of drug-likeness (QED) is 0.711. The molecule has 2 aromatic rings. The molecule has 1 N–H and O–H groups in total. The number of nitrogens with one attached hydrogen (secondary N) is 1. The number of ether oxygens (including phenoxy) is 2. The van der Waals surface area contributed by atoms with Gasteiger partial charge in [0.2, 0.25) is 5.91 Å². The molecule has 31 heavy (non-hydrogen) atoms. The number of methoxy groups -OCH3 is 2. The smallest absolute Gasteiger partial charge is 0.263 e. The Morgan fingerprint density at radius 2 is 1.81 bits per heavy atom. The van der Waals surface area contributed by atoms with E-state index >= 15 is 0 Å². The monoisotopic (exact) mass is 423 g/mol. The van der Waals surface area contributed by atoms with Gasteiger partial charge in [-0.3, -0.25) is 19.4 Å². The van der Waals surface area contributed by atoms with E-state index in [-0.39, 0.29) is 6.54 Å². The zero-order chi connectivity index (χ0) is 22.1. The average Bonchev–Trinajstić information content (AvgIpc) is 3.28. The van der Waals surface area contributed by atoms with Crippen molar-refractivity contribution < 1.29 is 23.9 Å². The van der Waals surface area contributed by atoms with Crippen molar-refractivity contribution in [3.8, 4) is 11.5 Å². The van der Waals surface area contributed by atoms with Gasteiger partial charge in [-0.2, -0.15) is 5.11 Å². The van der Waals surface area contributed by atoms with Gasteiger partial charge in [0, 0.05) is 6.07 Å². The number of imide groups is 1.